The second-order valence-electron chi connectivity index (χ2n) is 3.55. The molecule has 0 amide bonds. The summed E-state index contributed by atoms with van der Waals surface area (Å²) in [5.74, 6) is 0. The second-order valence-corrected chi connectivity index (χ2v) is 7.48. The van der Waals surface area contributed by atoms with Gasteiger partial charge in [0.05, 0.1) is 13.2 Å². The van der Waals surface area contributed by atoms with Crippen LogP contribution in [0.5, 0.6) is 0 Å². The summed E-state index contributed by atoms with van der Waals surface area (Å²) in [5.41, 5.74) is 1.34. The first-order chi connectivity index (χ1) is 5.09. The van der Waals surface area contributed by atoms with E-state index in [1.807, 2.05) is 0 Å². The highest BCUT2D eigenvalue weighted by molar-refractivity contribution is 6.54. The smallest absolute Gasteiger partial charge is 0.182 e. The fraction of sp³-hybridized carbons (Fsp3) is 1.00. The molecule has 0 radical (unpaired) electrons. The summed E-state index contributed by atoms with van der Waals surface area (Å²) >= 11 is 0. The van der Waals surface area contributed by atoms with Gasteiger partial charge in [-0.25, -0.2) is 0 Å². The Balaban J connectivity index is 3.70. The van der Waals surface area contributed by atoms with Crippen LogP contribution in [0.4, 0.5) is 0 Å². The van der Waals surface area contributed by atoms with Crippen molar-refractivity contribution in [3.63, 3.8) is 0 Å². The molecule has 0 fully saturated rings. The molecule has 0 saturated carbocycles. The van der Waals surface area contributed by atoms with Crippen LogP contribution < -0.4 is 0 Å². The zero-order valence-electron chi connectivity index (χ0n) is 8.00. The first kappa shape index (κ1) is 11.1. The molecule has 3 heteroatoms. The lowest BCUT2D eigenvalue weighted by Gasteiger charge is -2.22. The maximum Gasteiger partial charge on any atom is 0.182 e. The standard InChI is InChI=1S/C8H20O2Si/c1-7(2)11(8(3)4)10-6-5-9/h7-9,11H,5-6H2,1-4H3. The van der Waals surface area contributed by atoms with Crippen LogP contribution >= 0.6 is 0 Å². The van der Waals surface area contributed by atoms with Crippen molar-refractivity contribution in [2.75, 3.05) is 13.2 Å². The Hall–Kier alpha value is 0.137. The number of hydrogen-bond acceptors (Lipinski definition) is 2. The molecule has 2 nitrogen and oxygen atoms in total. The van der Waals surface area contributed by atoms with Crippen molar-refractivity contribution in [3.8, 4) is 0 Å². The summed E-state index contributed by atoms with van der Waals surface area (Å²) in [4.78, 5) is 0. The third kappa shape index (κ3) is 4.56. The molecule has 0 rings (SSSR count). The monoisotopic (exact) mass is 176 g/mol. The van der Waals surface area contributed by atoms with E-state index in [0.29, 0.717) is 17.7 Å². The highest BCUT2D eigenvalue weighted by atomic mass is 28.3. The molecule has 0 aromatic heterocycles. The average molecular weight is 176 g/mol. The van der Waals surface area contributed by atoms with Gasteiger partial charge < -0.3 is 9.53 Å². The van der Waals surface area contributed by atoms with Crippen molar-refractivity contribution in [1.29, 1.82) is 0 Å². The van der Waals surface area contributed by atoms with E-state index in [4.69, 9.17) is 9.53 Å². The molecular formula is C8H20O2Si. The van der Waals surface area contributed by atoms with Gasteiger partial charge in [-0.2, -0.15) is 0 Å². The molecule has 0 atom stereocenters. The minimum absolute atomic E-state index is 0.156. The summed E-state index contributed by atoms with van der Waals surface area (Å²) in [5, 5.41) is 8.58. The lowest BCUT2D eigenvalue weighted by Crippen LogP contribution is -2.26. The van der Waals surface area contributed by atoms with E-state index < -0.39 is 9.04 Å². The quantitative estimate of drug-likeness (QED) is 0.644. The second kappa shape index (κ2) is 5.74. The van der Waals surface area contributed by atoms with Crippen molar-refractivity contribution >= 4 is 9.04 Å². The Morgan fingerprint density at radius 1 is 1.18 bits per heavy atom. The zero-order chi connectivity index (χ0) is 8.85. The van der Waals surface area contributed by atoms with Crippen molar-refractivity contribution in [3.05, 3.63) is 0 Å². The Labute approximate surface area is 71.3 Å². The van der Waals surface area contributed by atoms with E-state index in [-0.39, 0.29) is 6.61 Å². The predicted octanol–water partition coefficient (Wildman–Crippen LogP) is 1.54. The van der Waals surface area contributed by atoms with E-state index in [9.17, 15) is 0 Å². The number of aliphatic hydroxyl groups is 1. The Morgan fingerprint density at radius 3 is 1.91 bits per heavy atom. The number of aliphatic hydroxyl groups excluding tert-OH is 1. The number of rotatable bonds is 5. The number of hydrogen-bond donors (Lipinski definition) is 1. The fourth-order valence-electron chi connectivity index (χ4n) is 1.34. The molecule has 0 spiro atoms. The third-order valence-corrected chi connectivity index (χ3v) is 4.96. The molecule has 0 aliphatic rings. The maximum absolute atomic E-state index is 8.58. The van der Waals surface area contributed by atoms with E-state index in [0.717, 1.165) is 0 Å². The molecular weight excluding hydrogens is 156 g/mol. The summed E-state index contributed by atoms with van der Waals surface area (Å²) in [6.07, 6.45) is 0. The summed E-state index contributed by atoms with van der Waals surface area (Å²) in [6, 6.07) is 0. The van der Waals surface area contributed by atoms with E-state index in [1.54, 1.807) is 0 Å². The average Bonchev–Trinajstić information content (AvgIpc) is 1.87. The van der Waals surface area contributed by atoms with Crippen LogP contribution in [0.25, 0.3) is 0 Å². The Morgan fingerprint density at radius 2 is 1.64 bits per heavy atom. The summed E-state index contributed by atoms with van der Waals surface area (Å²) in [7, 11) is -1.06. The first-order valence-corrected chi connectivity index (χ1v) is 6.12. The molecule has 0 unspecified atom stereocenters. The van der Waals surface area contributed by atoms with Crippen LogP contribution in [0, 0.1) is 0 Å². The lowest BCUT2D eigenvalue weighted by atomic mass is 10.5. The Bertz CT molecular complexity index is 86.1. The van der Waals surface area contributed by atoms with Crippen molar-refractivity contribution in [1.82, 2.24) is 0 Å². The SMILES string of the molecule is CC(C)[SiH](OCCO)C(C)C. The van der Waals surface area contributed by atoms with Crippen LogP contribution in [0.2, 0.25) is 11.1 Å². The van der Waals surface area contributed by atoms with Gasteiger partial charge >= 0.3 is 0 Å². The van der Waals surface area contributed by atoms with Gasteiger partial charge in [0.2, 0.25) is 0 Å². The third-order valence-electron chi connectivity index (χ3n) is 1.72. The molecule has 1 N–H and O–H groups in total. The highest BCUT2D eigenvalue weighted by Gasteiger charge is 2.20. The molecule has 0 aliphatic heterocycles. The van der Waals surface area contributed by atoms with Crippen LogP contribution in [0.3, 0.4) is 0 Å². The maximum atomic E-state index is 8.58. The molecule has 0 aromatic rings. The van der Waals surface area contributed by atoms with Gasteiger partial charge in [0.15, 0.2) is 9.04 Å². The zero-order valence-corrected chi connectivity index (χ0v) is 9.16. The van der Waals surface area contributed by atoms with Crippen LogP contribution in [0.1, 0.15) is 27.7 Å². The minimum Gasteiger partial charge on any atom is -0.417 e. The minimum atomic E-state index is -1.06. The van der Waals surface area contributed by atoms with Crippen LogP contribution in [-0.2, 0) is 4.43 Å². The van der Waals surface area contributed by atoms with E-state index in [2.05, 4.69) is 27.7 Å². The van der Waals surface area contributed by atoms with Crippen LogP contribution in [-0.4, -0.2) is 27.4 Å². The van der Waals surface area contributed by atoms with Crippen molar-refractivity contribution < 1.29 is 9.53 Å². The molecule has 0 bridgehead atoms. The molecule has 0 saturated heterocycles. The topological polar surface area (TPSA) is 29.5 Å². The van der Waals surface area contributed by atoms with Gasteiger partial charge in [-0.15, -0.1) is 0 Å². The van der Waals surface area contributed by atoms with Gasteiger partial charge in [0.1, 0.15) is 0 Å². The van der Waals surface area contributed by atoms with Gasteiger partial charge in [-0.05, 0) is 11.1 Å². The van der Waals surface area contributed by atoms with Gasteiger partial charge in [0, 0.05) is 0 Å². The van der Waals surface area contributed by atoms with E-state index >= 15 is 0 Å². The molecule has 0 aromatic carbocycles. The van der Waals surface area contributed by atoms with Crippen molar-refractivity contribution in [2.45, 2.75) is 38.8 Å². The summed E-state index contributed by atoms with van der Waals surface area (Å²) < 4.78 is 5.60. The van der Waals surface area contributed by atoms with Crippen LogP contribution in [0.15, 0.2) is 0 Å². The highest BCUT2D eigenvalue weighted by Crippen LogP contribution is 2.20. The largest absolute Gasteiger partial charge is 0.417 e. The molecule has 11 heavy (non-hydrogen) atoms. The molecule has 0 aliphatic carbocycles. The predicted molar refractivity (Wildman–Crippen MR) is 50.4 cm³/mol. The normalized spacial score (nSPS) is 12.0. The first-order valence-electron chi connectivity index (χ1n) is 4.32. The molecule has 68 valence electrons. The summed E-state index contributed by atoms with van der Waals surface area (Å²) in [6.45, 7) is 9.49. The van der Waals surface area contributed by atoms with Gasteiger partial charge in [0.25, 0.3) is 0 Å². The Kier molecular flexibility index (Phi) is 5.82. The molecule has 0 heterocycles. The fourth-order valence-corrected chi connectivity index (χ4v) is 4.03. The lowest BCUT2D eigenvalue weighted by molar-refractivity contribution is 0.196. The van der Waals surface area contributed by atoms with E-state index in [1.165, 1.54) is 0 Å². The van der Waals surface area contributed by atoms with Gasteiger partial charge in [-0.3, -0.25) is 0 Å². The van der Waals surface area contributed by atoms with Crippen molar-refractivity contribution in [2.24, 2.45) is 0 Å². The van der Waals surface area contributed by atoms with Gasteiger partial charge in [-0.1, -0.05) is 27.7 Å².